The number of hydrogen-bond acceptors (Lipinski definition) is 1. The first kappa shape index (κ1) is 11.2. The number of amides is 1. The van der Waals surface area contributed by atoms with E-state index in [1.54, 1.807) is 12.2 Å². The number of halogens is 1. The van der Waals surface area contributed by atoms with E-state index in [4.69, 9.17) is 0 Å². The van der Waals surface area contributed by atoms with Crippen LogP contribution in [0.4, 0.5) is 10.1 Å². The molecule has 0 aliphatic carbocycles. The molecule has 1 N–H and O–H groups in total. The van der Waals surface area contributed by atoms with E-state index in [1.165, 1.54) is 30.3 Å². The molecule has 1 aromatic rings. The second kappa shape index (κ2) is 5.75. The second-order valence-corrected chi connectivity index (χ2v) is 2.88. The third-order valence-electron chi connectivity index (χ3n) is 1.66. The Balaban J connectivity index is 2.55. The van der Waals surface area contributed by atoms with Crippen molar-refractivity contribution < 1.29 is 9.18 Å². The lowest BCUT2D eigenvalue weighted by molar-refractivity contribution is -0.111. The first-order valence-corrected chi connectivity index (χ1v) is 4.58. The fourth-order valence-corrected chi connectivity index (χ4v) is 0.971. The molecule has 3 heteroatoms. The third-order valence-corrected chi connectivity index (χ3v) is 1.66. The molecule has 15 heavy (non-hydrogen) atoms. The van der Waals surface area contributed by atoms with Crippen molar-refractivity contribution in [3.8, 4) is 0 Å². The van der Waals surface area contributed by atoms with Gasteiger partial charge in [-0.15, -0.1) is 0 Å². The van der Waals surface area contributed by atoms with Crippen molar-refractivity contribution in [2.75, 3.05) is 5.32 Å². The van der Waals surface area contributed by atoms with Crippen LogP contribution in [0.25, 0.3) is 0 Å². The first-order valence-electron chi connectivity index (χ1n) is 4.58. The van der Waals surface area contributed by atoms with E-state index in [1.807, 2.05) is 13.0 Å². The fraction of sp³-hybridized carbons (Fsp3) is 0.0833. The van der Waals surface area contributed by atoms with E-state index in [-0.39, 0.29) is 11.7 Å². The van der Waals surface area contributed by atoms with Crippen molar-refractivity contribution in [1.82, 2.24) is 0 Å². The molecule has 0 bridgehead atoms. The summed E-state index contributed by atoms with van der Waals surface area (Å²) < 4.78 is 12.5. The highest BCUT2D eigenvalue weighted by Gasteiger charge is 1.96. The van der Waals surface area contributed by atoms with Gasteiger partial charge in [0.25, 0.3) is 0 Å². The molecule has 0 heterocycles. The molecule has 0 radical (unpaired) electrons. The molecular weight excluding hydrogens is 193 g/mol. The van der Waals surface area contributed by atoms with Crippen LogP contribution >= 0.6 is 0 Å². The van der Waals surface area contributed by atoms with E-state index in [0.717, 1.165) is 0 Å². The number of hydrogen-bond donors (Lipinski definition) is 1. The van der Waals surface area contributed by atoms with Crippen LogP contribution < -0.4 is 5.32 Å². The SMILES string of the molecule is C/C=C/C=C/C(=O)Nc1ccc(F)cc1. The molecule has 1 amide bonds. The zero-order chi connectivity index (χ0) is 11.1. The van der Waals surface area contributed by atoms with Crippen LogP contribution in [0.15, 0.2) is 48.6 Å². The Morgan fingerprint density at radius 2 is 1.93 bits per heavy atom. The molecule has 0 aliphatic heterocycles. The predicted molar refractivity (Wildman–Crippen MR) is 59.0 cm³/mol. The molecule has 0 saturated heterocycles. The Morgan fingerprint density at radius 3 is 2.53 bits per heavy atom. The molecule has 1 rings (SSSR count). The maximum atomic E-state index is 12.5. The summed E-state index contributed by atoms with van der Waals surface area (Å²) in [5.41, 5.74) is 0.575. The minimum Gasteiger partial charge on any atom is -0.323 e. The molecule has 0 spiro atoms. The summed E-state index contributed by atoms with van der Waals surface area (Å²) in [4.78, 5) is 11.2. The van der Waals surface area contributed by atoms with Gasteiger partial charge in [0.15, 0.2) is 0 Å². The molecule has 0 saturated carbocycles. The molecule has 78 valence electrons. The Kier molecular flexibility index (Phi) is 4.29. The monoisotopic (exact) mass is 205 g/mol. The number of benzene rings is 1. The van der Waals surface area contributed by atoms with Crippen molar-refractivity contribution in [1.29, 1.82) is 0 Å². The van der Waals surface area contributed by atoms with Crippen LogP contribution in [0, 0.1) is 5.82 Å². The lowest BCUT2D eigenvalue weighted by Gasteiger charge is -2.00. The van der Waals surface area contributed by atoms with Crippen molar-refractivity contribution in [3.63, 3.8) is 0 Å². The van der Waals surface area contributed by atoms with Crippen LogP contribution in [0.1, 0.15) is 6.92 Å². The summed E-state index contributed by atoms with van der Waals surface area (Å²) in [6.45, 7) is 1.86. The molecular formula is C12H12FNO. The first-order chi connectivity index (χ1) is 7.22. The van der Waals surface area contributed by atoms with Crippen LogP contribution in [-0.2, 0) is 4.79 Å². The second-order valence-electron chi connectivity index (χ2n) is 2.88. The van der Waals surface area contributed by atoms with Gasteiger partial charge in [0.1, 0.15) is 5.82 Å². The Labute approximate surface area is 88.1 Å². The predicted octanol–water partition coefficient (Wildman–Crippen LogP) is 2.90. The van der Waals surface area contributed by atoms with Crippen LogP contribution in [-0.4, -0.2) is 5.91 Å². The number of rotatable bonds is 3. The van der Waals surface area contributed by atoms with Gasteiger partial charge < -0.3 is 5.32 Å². The summed E-state index contributed by atoms with van der Waals surface area (Å²) in [6, 6.07) is 5.62. The molecule has 0 unspecified atom stereocenters. The van der Waals surface area contributed by atoms with Crippen molar-refractivity contribution in [3.05, 3.63) is 54.4 Å². The summed E-state index contributed by atoms with van der Waals surface area (Å²) in [7, 11) is 0. The Morgan fingerprint density at radius 1 is 1.27 bits per heavy atom. The minimum absolute atomic E-state index is 0.236. The average Bonchev–Trinajstić information content (AvgIpc) is 2.22. The van der Waals surface area contributed by atoms with E-state index < -0.39 is 0 Å². The van der Waals surface area contributed by atoms with Crippen molar-refractivity contribution in [2.45, 2.75) is 6.92 Å². The topological polar surface area (TPSA) is 29.1 Å². The van der Waals surface area contributed by atoms with Crippen LogP contribution in [0.5, 0.6) is 0 Å². The molecule has 2 nitrogen and oxygen atoms in total. The minimum atomic E-state index is -0.322. The van der Waals surface area contributed by atoms with Gasteiger partial charge in [0, 0.05) is 11.8 Å². The van der Waals surface area contributed by atoms with E-state index >= 15 is 0 Å². The number of nitrogens with one attached hydrogen (secondary N) is 1. The molecule has 0 aromatic heterocycles. The summed E-state index contributed by atoms with van der Waals surface area (Å²) in [6.07, 6.45) is 6.62. The molecule has 0 fully saturated rings. The quantitative estimate of drug-likeness (QED) is 0.596. The van der Waals surface area contributed by atoms with E-state index in [0.29, 0.717) is 5.69 Å². The normalized spacial score (nSPS) is 11.1. The number of carbonyl (C=O) groups excluding carboxylic acids is 1. The van der Waals surface area contributed by atoms with E-state index in [9.17, 15) is 9.18 Å². The molecule has 0 atom stereocenters. The zero-order valence-corrected chi connectivity index (χ0v) is 8.41. The van der Waals surface area contributed by atoms with Crippen molar-refractivity contribution in [2.24, 2.45) is 0 Å². The largest absolute Gasteiger partial charge is 0.323 e. The van der Waals surface area contributed by atoms with Gasteiger partial charge in [-0.25, -0.2) is 4.39 Å². The van der Waals surface area contributed by atoms with Gasteiger partial charge in [-0.2, -0.15) is 0 Å². The Bertz CT molecular complexity index is 379. The lowest BCUT2D eigenvalue weighted by Crippen LogP contribution is -2.07. The van der Waals surface area contributed by atoms with Crippen LogP contribution in [0.2, 0.25) is 0 Å². The van der Waals surface area contributed by atoms with Gasteiger partial charge in [-0.1, -0.05) is 18.2 Å². The van der Waals surface area contributed by atoms with Gasteiger partial charge in [-0.05, 0) is 31.2 Å². The number of allylic oxidation sites excluding steroid dienone is 3. The lowest BCUT2D eigenvalue weighted by atomic mass is 10.3. The molecule has 0 aliphatic rings. The van der Waals surface area contributed by atoms with Gasteiger partial charge >= 0.3 is 0 Å². The van der Waals surface area contributed by atoms with Crippen molar-refractivity contribution >= 4 is 11.6 Å². The number of anilines is 1. The highest BCUT2D eigenvalue weighted by Crippen LogP contribution is 2.07. The fourth-order valence-electron chi connectivity index (χ4n) is 0.971. The molecule has 1 aromatic carbocycles. The Hall–Kier alpha value is -1.90. The zero-order valence-electron chi connectivity index (χ0n) is 8.41. The average molecular weight is 205 g/mol. The van der Waals surface area contributed by atoms with Gasteiger partial charge in [0.2, 0.25) is 5.91 Å². The van der Waals surface area contributed by atoms with Gasteiger partial charge in [0.05, 0.1) is 0 Å². The summed E-state index contributed by atoms with van der Waals surface area (Å²) in [5.74, 6) is -0.558. The summed E-state index contributed by atoms with van der Waals surface area (Å²) in [5, 5.41) is 2.60. The number of carbonyl (C=O) groups is 1. The van der Waals surface area contributed by atoms with E-state index in [2.05, 4.69) is 5.32 Å². The maximum absolute atomic E-state index is 12.5. The smallest absolute Gasteiger partial charge is 0.248 e. The standard InChI is InChI=1S/C12H12FNO/c1-2-3-4-5-12(15)14-11-8-6-10(13)7-9-11/h2-9H,1H3,(H,14,15)/b3-2+,5-4+. The highest BCUT2D eigenvalue weighted by atomic mass is 19.1. The van der Waals surface area contributed by atoms with Gasteiger partial charge in [-0.3, -0.25) is 4.79 Å². The maximum Gasteiger partial charge on any atom is 0.248 e. The van der Waals surface area contributed by atoms with Crippen LogP contribution in [0.3, 0.4) is 0 Å². The highest BCUT2D eigenvalue weighted by molar-refractivity contribution is 5.99. The third kappa shape index (κ3) is 4.22. The summed E-state index contributed by atoms with van der Waals surface area (Å²) >= 11 is 0.